The molecule has 1 atom stereocenters. The number of amides is 2. The van der Waals surface area contributed by atoms with Crippen molar-refractivity contribution in [2.45, 2.75) is 58.0 Å². The zero-order chi connectivity index (χ0) is 28.6. The minimum Gasteiger partial charge on any atom is -0.354 e. The van der Waals surface area contributed by atoms with Crippen molar-refractivity contribution in [2.75, 3.05) is 17.4 Å². The van der Waals surface area contributed by atoms with Crippen LogP contribution in [0.15, 0.2) is 82.2 Å². The zero-order valence-electron chi connectivity index (χ0n) is 22.9. The van der Waals surface area contributed by atoms with E-state index in [9.17, 15) is 18.0 Å². The molecule has 0 aliphatic rings. The Morgan fingerprint density at radius 3 is 2.23 bits per heavy atom. The van der Waals surface area contributed by atoms with Crippen LogP contribution in [-0.2, 0) is 26.2 Å². The third-order valence-corrected chi connectivity index (χ3v) is 8.97. The summed E-state index contributed by atoms with van der Waals surface area (Å²) < 4.78 is 29.7. The molecule has 1 N–H and O–H groups in total. The Kier molecular flexibility index (Phi) is 10.7. The number of hydrogen-bond acceptors (Lipinski definition) is 4. The largest absolute Gasteiger partial charge is 0.354 e. The van der Waals surface area contributed by atoms with E-state index >= 15 is 0 Å². The number of nitrogens with one attached hydrogen (secondary N) is 1. The number of sulfonamides is 1. The highest BCUT2D eigenvalue weighted by Crippen LogP contribution is 2.26. The molecule has 0 heterocycles. The first-order valence-electron chi connectivity index (χ1n) is 13.0. The highest BCUT2D eigenvalue weighted by Gasteiger charge is 2.32. The molecule has 39 heavy (non-hydrogen) atoms. The molecule has 0 unspecified atom stereocenters. The van der Waals surface area contributed by atoms with E-state index in [-0.39, 0.29) is 17.3 Å². The quantitative estimate of drug-likeness (QED) is 0.270. The predicted molar refractivity (Wildman–Crippen MR) is 159 cm³/mol. The number of benzene rings is 3. The third kappa shape index (κ3) is 7.92. The Bertz CT molecular complexity index is 1380. The molecular weight excluding hydrogens is 578 g/mol. The van der Waals surface area contributed by atoms with E-state index in [0.29, 0.717) is 12.2 Å². The summed E-state index contributed by atoms with van der Waals surface area (Å²) in [5.74, 6) is -0.758. The zero-order valence-corrected chi connectivity index (χ0v) is 25.3. The van der Waals surface area contributed by atoms with Crippen LogP contribution >= 0.6 is 15.9 Å². The number of halogens is 1. The molecule has 0 fully saturated rings. The van der Waals surface area contributed by atoms with Crippen molar-refractivity contribution >= 4 is 43.5 Å². The highest BCUT2D eigenvalue weighted by atomic mass is 79.9. The second-order valence-corrected chi connectivity index (χ2v) is 12.3. The van der Waals surface area contributed by atoms with Crippen LogP contribution < -0.4 is 9.62 Å². The number of hydrogen-bond donors (Lipinski definition) is 1. The molecule has 3 aromatic rings. The lowest BCUT2D eigenvalue weighted by molar-refractivity contribution is -0.139. The van der Waals surface area contributed by atoms with Crippen molar-refractivity contribution in [3.8, 4) is 0 Å². The molecule has 0 aliphatic heterocycles. The molecule has 7 nitrogen and oxygen atoms in total. The summed E-state index contributed by atoms with van der Waals surface area (Å²) in [7, 11) is -4.08. The maximum atomic E-state index is 13.9. The van der Waals surface area contributed by atoms with Gasteiger partial charge in [-0.2, -0.15) is 0 Å². The maximum absolute atomic E-state index is 13.9. The summed E-state index contributed by atoms with van der Waals surface area (Å²) in [5, 5.41) is 2.90. The Hall–Kier alpha value is -3.17. The molecule has 0 aliphatic carbocycles. The standard InChI is InChI=1S/C30H36BrN3O4S/c1-5-6-18-32-30(36)24(4)33(20-25-13-15-26(31)16-14-25)29(35)21-34(27-17-12-22(2)23(3)19-27)39(37,38)28-10-8-7-9-11-28/h7-17,19,24H,5-6,18,20-21H2,1-4H3,(H,32,36)/t24-/m0/s1. The van der Waals surface area contributed by atoms with Gasteiger partial charge in [-0.3, -0.25) is 13.9 Å². The summed E-state index contributed by atoms with van der Waals surface area (Å²) in [6.07, 6.45) is 1.76. The fourth-order valence-electron chi connectivity index (χ4n) is 4.03. The first kappa shape index (κ1) is 30.4. The second kappa shape index (κ2) is 13.8. The fraction of sp³-hybridized carbons (Fsp3) is 0.333. The summed E-state index contributed by atoms with van der Waals surface area (Å²) in [6.45, 7) is 7.76. The Morgan fingerprint density at radius 1 is 0.949 bits per heavy atom. The molecule has 208 valence electrons. The van der Waals surface area contributed by atoms with Crippen molar-refractivity contribution in [2.24, 2.45) is 0 Å². The lowest BCUT2D eigenvalue weighted by Crippen LogP contribution is -2.51. The van der Waals surface area contributed by atoms with Crippen LogP contribution in [0.25, 0.3) is 0 Å². The summed E-state index contributed by atoms with van der Waals surface area (Å²) in [4.78, 5) is 28.5. The van der Waals surface area contributed by atoms with Crippen molar-refractivity contribution in [1.82, 2.24) is 10.2 Å². The van der Waals surface area contributed by atoms with E-state index in [0.717, 1.165) is 38.3 Å². The van der Waals surface area contributed by atoms with E-state index in [2.05, 4.69) is 21.2 Å². The number of rotatable bonds is 12. The molecule has 0 aromatic heterocycles. The van der Waals surface area contributed by atoms with Crippen molar-refractivity contribution in [3.05, 3.63) is 94.0 Å². The number of carbonyl (C=O) groups is 2. The fourth-order valence-corrected chi connectivity index (χ4v) is 5.73. The second-order valence-electron chi connectivity index (χ2n) is 9.56. The van der Waals surface area contributed by atoms with E-state index in [1.54, 1.807) is 37.3 Å². The molecular formula is C30H36BrN3O4S. The molecule has 0 saturated carbocycles. The normalized spacial score (nSPS) is 12.0. The van der Waals surface area contributed by atoms with E-state index in [4.69, 9.17) is 0 Å². The van der Waals surface area contributed by atoms with Crippen LogP contribution in [0.5, 0.6) is 0 Å². The lowest BCUT2D eigenvalue weighted by atomic mass is 10.1. The van der Waals surface area contributed by atoms with Gasteiger partial charge in [0, 0.05) is 17.6 Å². The predicted octanol–water partition coefficient (Wildman–Crippen LogP) is 5.59. The van der Waals surface area contributed by atoms with E-state index in [1.807, 2.05) is 51.1 Å². The van der Waals surface area contributed by atoms with Gasteiger partial charge in [-0.1, -0.05) is 65.7 Å². The first-order valence-corrected chi connectivity index (χ1v) is 15.2. The number of carbonyl (C=O) groups excluding carboxylic acids is 2. The van der Waals surface area contributed by atoms with Gasteiger partial charge in [0.1, 0.15) is 12.6 Å². The van der Waals surface area contributed by atoms with Gasteiger partial charge in [-0.25, -0.2) is 8.42 Å². The van der Waals surface area contributed by atoms with Gasteiger partial charge in [0.05, 0.1) is 10.6 Å². The van der Waals surface area contributed by atoms with Crippen LogP contribution in [0, 0.1) is 13.8 Å². The van der Waals surface area contributed by atoms with Gasteiger partial charge in [-0.15, -0.1) is 0 Å². The Labute approximate surface area is 240 Å². The summed E-state index contributed by atoms with van der Waals surface area (Å²) in [5.41, 5.74) is 3.13. The number of unbranched alkanes of at least 4 members (excludes halogenated alkanes) is 1. The van der Waals surface area contributed by atoms with E-state index < -0.39 is 28.5 Å². The number of aryl methyl sites for hydroxylation is 2. The molecule has 0 spiro atoms. The molecule has 0 saturated heterocycles. The van der Waals surface area contributed by atoms with Gasteiger partial charge in [0.2, 0.25) is 11.8 Å². The minimum absolute atomic E-state index is 0.0841. The van der Waals surface area contributed by atoms with Gasteiger partial charge in [0.15, 0.2) is 0 Å². The minimum atomic E-state index is -4.08. The monoisotopic (exact) mass is 613 g/mol. The number of nitrogens with zero attached hydrogens (tertiary/aromatic N) is 2. The van der Waals surface area contributed by atoms with Gasteiger partial charge in [-0.05, 0) is 80.3 Å². The van der Waals surface area contributed by atoms with Gasteiger partial charge < -0.3 is 10.2 Å². The smallest absolute Gasteiger partial charge is 0.264 e. The van der Waals surface area contributed by atoms with E-state index in [1.165, 1.54) is 17.0 Å². The van der Waals surface area contributed by atoms with Crippen LogP contribution in [0.1, 0.15) is 43.4 Å². The Morgan fingerprint density at radius 2 is 1.62 bits per heavy atom. The molecule has 3 rings (SSSR count). The third-order valence-electron chi connectivity index (χ3n) is 6.65. The average molecular weight is 615 g/mol. The highest BCUT2D eigenvalue weighted by molar-refractivity contribution is 9.10. The van der Waals surface area contributed by atoms with Gasteiger partial charge in [0.25, 0.3) is 10.0 Å². The molecule has 2 amide bonds. The SMILES string of the molecule is CCCCNC(=O)[C@H](C)N(Cc1ccc(Br)cc1)C(=O)CN(c1ccc(C)c(C)c1)S(=O)(=O)c1ccccc1. The van der Waals surface area contributed by atoms with Crippen molar-refractivity contribution in [3.63, 3.8) is 0 Å². The van der Waals surface area contributed by atoms with Crippen LogP contribution in [0.3, 0.4) is 0 Å². The lowest BCUT2D eigenvalue weighted by Gasteiger charge is -2.32. The van der Waals surface area contributed by atoms with Crippen molar-refractivity contribution in [1.29, 1.82) is 0 Å². The topological polar surface area (TPSA) is 86.8 Å². The van der Waals surface area contributed by atoms with Gasteiger partial charge >= 0.3 is 0 Å². The number of anilines is 1. The molecule has 0 bridgehead atoms. The summed E-state index contributed by atoms with van der Waals surface area (Å²) >= 11 is 3.42. The van der Waals surface area contributed by atoms with Crippen LogP contribution in [-0.4, -0.2) is 44.3 Å². The van der Waals surface area contributed by atoms with Crippen molar-refractivity contribution < 1.29 is 18.0 Å². The Balaban J connectivity index is 2.00. The summed E-state index contributed by atoms with van der Waals surface area (Å²) in [6, 6.07) is 20.0. The average Bonchev–Trinajstić information content (AvgIpc) is 2.93. The molecule has 0 radical (unpaired) electrons. The maximum Gasteiger partial charge on any atom is 0.264 e. The molecule has 3 aromatic carbocycles. The van der Waals surface area contributed by atoms with Crippen LogP contribution in [0.4, 0.5) is 5.69 Å². The molecule has 9 heteroatoms. The first-order chi connectivity index (χ1) is 18.5. The van der Waals surface area contributed by atoms with Crippen LogP contribution in [0.2, 0.25) is 0 Å².